The number of piperidine rings is 2. The van der Waals surface area contributed by atoms with Gasteiger partial charge in [-0.25, -0.2) is 4.79 Å². The summed E-state index contributed by atoms with van der Waals surface area (Å²) in [7, 11) is 0. The lowest BCUT2D eigenvalue weighted by atomic mass is 9.91. The Morgan fingerprint density at radius 2 is 1.68 bits per heavy atom. The summed E-state index contributed by atoms with van der Waals surface area (Å²) in [6.07, 6.45) is 3.27. The first-order valence-corrected chi connectivity index (χ1v) is 11.6. The van der Waals surface area contributed by atoms with Crippen molar-refractivity contribution in [1.29, 1.82) is 0 Å². The predicted molar refractivity (Wildman–Crippen MR) is 119 cm³/mol. The molecule has 2 unspecified atom stereocenters. The molecular weight excluding hydrogens is 394 g/mol. The number of amides is 1. The Morgan fingerprint density at radius 1 is 1.06 bits per heavy atom. The summed E-state index contributed by atoms with van der Waals surface area (Å²) in [5, 5.41) is 1.79. The highest BCUT2D eigenvalue weighted by Crippen LogP contribution is 2.30. The van der Waals surface area contributed by atoms with Crippen molar-refractivity contribution in [2.24, 2.45) is 0 Å². The minimum atomic E-state index is -0.622. The fourth-order valence-electron chi connectivity index (χ4n) is 5.07. The fraction of sp³-hybridized carbons (Fsp3) is 0.667. The third-order valence-corrected chi connectivity index (χ3v) is 6.59. The van der Waals surface area contributed by atoms with E-state index in [1.165, 1.54) is 5.56 Å². The van der Waals surface area contributed by atoms with Gasteiger partial charge in [-0.2, -0.15) is 0 Å². The van der Waals surface area contributed by atoms with E-state index in [4.69, 9.17) is 9.57 Å². The number of nitrogens with zero attached hydrogens (tertiary/aromatic N) is 3. The molecule has 2 fully saturated rings. The Hall–Kier alpha value is -2.12. The largest absolute Gasteiger partial charge is 0.527 e. The van der Waals surface area contributed by atoms with Crippen LogP contribution in [0.1, 0.15) is 58.9 Å². The van der Waals surface area contributed by atoms with E-state index < -0.39 is 6.16 Å². The van der Waals surface area contributed by atoms with Crippen molar-refractivity contribution in [1.82, 2.24) is 14.9 Å². The summed E-state index contributed by atoms with van der Waals surface area (Å²) in [6.45, 7) is 10.6. The predicted octanol–water partition coefficient (Wildman–Crippen LogP) is 3.83. The molecule has 172 valence electrons. The highest BCUT2D eigenvalue weighted by atomic mass is 16.8. The van der Waals surface area contributed by atoms with Gasteiger partial charge in [-0.3, -0.25) is 4.79 Å². The molecule has 2 atom stereocenters. The molecule has 0 spiro atoms. The Morgan fingerprint density at radius 3 is 2.23 bits per heavy atom. The number of hydrogen-bond donors (Lipinski definition) is 0. The van der Waals surface area contributed by atoms with Crippen LogP contribution in [-0.4, -0.2) is 70.8 Å². The molecular formula is C24H37N3O4. The van der Waals surface area contributed by atoms with Gasteiger partial charge in [0.25, 0.3) is 0 Å². The van der Waals surface area contributed by atoms with Gasteiger partial charge in [-0.05, 0) is 52.0 Å². The molecule has 1 aromatic carbocycles. The van der Waals surface area contributed by atoms with E-state index in [2.05, 4.69) is 30.9 Å². The molecule has 1 amide bonds. The fourth-order valence-corrected chi connectivity index (χ4v) is 5.07. The lowest BCUT2D eigenvalue weighted by Crippen LogP contribution is -2.56. The minimum Gasteiger partial charge on any atom is -0.433 e. The molecule has 2 saturated heterocycles. The number of hydroxylamine groups is 2. The van der Waals surface area contributed by atoms with Crippen LogP contribution < -0.4 is 0 Å². The van der Waals surface area contributed by atoms with Crippen LogP contribution in [-0.2, 0) is 20.9 Å². The van der Waals surface area contributed by atoms with Crippen molar-refractivity contribution < 1.29 is 19.2 Å². The van der Waals surface area contributed by atoms with Gasteiger partial charge in [-0.1, -0.05) is 30.3 Å². The van der Waals surface area contributed by atoms with Gasteiger partial charge in [0.2, 0.25) is 5.91 Å². The summed E-state index contributed by atoms with van der Waals surface area (Å²) < 4.78 is 4.94. The molecule has 1 aromatic rings. The maximum Gasteiger partial charge on any atom is 0.527 e. The van der Waals surface area contributed by atoms with Gasteiger partial charge in [0.1, 0.15) is 0 Å². The first kappa shape index (κ1) is 23.5. The maximum atomic E-state index is 12.3. The second-order valence-electron chi connectivity index (χ2n) is 8.86. The van der Waals surface area contributed by atoms with Gasteiger partial charge in [0.05, 0.1) is 6.61 Å². The van der Waals surface area contributed by atoms with E-state index in [9.17, 15) is 9.59 Å². The lowest BCUT2D eigenvalue weighted by molar-refractivity contribution is -0.196. The van der Waals surface area contributed by atoms with E-state index in [1.54, 1.807) is 18.9 Å². The van der Waals surface area contributed by atoms with Crippen LogP contribution in [0.15, 0.2) is 30.3 Å². The second kappa shape index (κ2) is 11.0. The van der Waals surface area contributed by atoms with Crippen molar-refractivity contribution >= 4 is 12.1 Å². The SMILES string of the molecule is CCOC(=O)ON1C(C)CC(N2CCC(N(Cc3ccccc3)C(C)=O)CC2)CC1C. The van der Waals surface area contributed by atoms with Gasteiger partial charge in [-0.15, -0.1) is 5.06 Å². The third kappa shape index (κ3) is 6.20. The van der Waals surface area contributed by atoms with Crippen molar-refractivity contribution in [3.63, 3.8) is 0 Å². The van der Waals surface area contributed by atoms with Crippen LogP contribution in [0.2, 0.25) is 0 Å². The first-order chi connectivity index (χ1) is 14.9. The Labute approximate surface area is 186 Å². The minimum absolute atomic E-state index is 0.141. The van der Waals surface area contributed by atoms with Crippen molar-refractivity contribution in [3.05, 3.63) is 35.9 Å². The van der Waals surface area contributed by atoms with E-state index in [-0.39, 0.29) is 24.0 Å². The summed E-state index contributed by atoms with van der Waals surface area (Å²) in [6, 6.07) is 11.3. The van der Waals surface area contributed by atoms with Crippen LogP contribution in [0.25, 0.3) is 0 Å². The van der Waals surface area contributed by atoms with Gasteiger partial charge in [0, 0.05) is 50.7 Å². The van der Waals surface area contributed by atoms with Gasteiger partial charge >= 0.3 is 6.16 Å². The molecule has 0 radical (unpaired) electrons. The van der Waals surface area contributed by atoms with Gasteiger partial charge < -0.3 is 19.4 Å². The molecule has 2 aliphatic heterocycles. The quantitative estimate of drug-likeness (QED) is 0.638. The summed E-state index contributed by atoms with van der Waals surface area (Å²) in [4.78, 5) is 34.1. The molecule has 0 N–H and O–H groups in total. The van der Waals surface area contributed by atoms with Crippen LogP contribution in [0.3, 0.4) is 0 Å². The smallest absolute Gasteiger partial charge is 0.433 e. The average Bonchev–Trinajstić information content (AvgIpc) is 2.75. The highest BCUT2D eigenvalue weighted by molar-refractivity contribution is 5.73. The van der Waals surface area contributed by atoms with Crippen molar-refractivity contribution in [2.45, 2.75) is 84.1 Å². The zero-order valence-corrected chi connectivity index (χ0v) is 19.3. The van der Waals surface area contributed by atoms with E-state index >= 15 is 0 Å². The number of carbonyl (C=O) groups is 2. The molecule has 2 aliphatic rings. The Bertz CT molecular complexity index is 709. The number of hydrogen-bond acceptors (Lipinski definition) is 6. The van der Waals surface area contributed by atoms with Crippen LogP contribution in [0.5, 0.6) is 0 Å². The second-order valence-corrected chi connectivity index (χ2v) is 8.86. The number of rotatable bonds is 6. The summed E-state index contributed by atoms with van der Waals surface area (Å²) >= 11 is 0. The topological polar surface area (TPSA) is 62.3 Å². The zero-order chi connectivity index (χ0) is 22.4. The van der Waals surface area contributed by atoms with Crippen molar-refractivity contribution in [2.75, 3.05) is 19.7 Å². The first-order valence-electron chi connectivity index (χ1n) is 11.6. The third-order valence-electron chi connectivity index (χ3n) is 6.59. The lowest BCUT2D eigenvalue weighted by Gasteiger charge is -2.47. The van der Waals surface area contributed by atoms with E-state index in [0.717, 1.165) is 38.8 Å². The maximum absolute atomic E-state index is 12.3. The zero-order valence-electron chi connectivity index (χ0n) is 19.3. The Kier molecular flexibility index (Phi) is 8.32. The van der Waals surface area contributed by atoms with Crippen LogP contribution >= 0.6 is 0 Å². The molecule has 0 saturated carbocycles. The Balaban J connectivity index is 1.53. The average molecular weight is 432 g/mol. The molecule has 31 heavy (non-hydrogen) atoms. The summed E-state index contributed by atoms with van der Waals surface area (Å²) in [5.74, 6) is 0.147. The van der Waals surface area contributed by atoms with Crippen LogP contribution in [0.4, 0.5) is 4.79 Å². The highest BCUT2D eigenvalue weighted by Gasteiger charge is 2.38. The number of likely N-dealkylation sites (tertiary alicyclic amines) is 1. The molecule has 0 aliphatic carbocycles. The molecule has 3 rings (SSSR count). The normalized spacial score (nSPS) is 25.7. The molecule has 0 bridgehead atoms. The number of carbonyl (C=O) groups excluding carboxylic acids is 2. The molecule has 2 heterocycles. The van der Waals surface area contributed by atoms with Crippen molar-refractivity contribution in [3.8, 4) is 0 Å². The number of benzene rings is 1. The molecule has 0 aromatic heterocycles. The molecule has 7 nitrogen and oxygen atoms in total. The van der Waals surface area contributed by atoms with Crippen LogP contribution in [0, 0.1) is 0 Å². The monoisotopic (exact) mass is 431 g/mol. The van der Waals surface area contributed by atoms with E-state index in [0.29, 0.717) is 19.2 Å². The summed E-state index contributed by atoms with van der Waals surface area (Å²) in [5.41, 5.74) is 1.18. The standard InChI is InChI=1S/C24H37N3O4/c1-5-30-24(29)31-27-18(2)15-23(16-19(27)3)25-13-11-22(12-14-25)26(20(4)28)17-21-9-7-6-8-10-21/h6-10,18-19,22-23H,5,11-17H2,1-4H3. The van der Waals surface area contributed by atoms with E-state index in [1.807, 2.05) is 23.1 Å². The molecule has 7 heteroatoms. The van der Waals surface area contributed by atoms with Gasteiger partial charge in [0.15, 0.2) is 0 Å². The number of ether oxygens (including phenoxy) is 1.